The van der Waals surface area contributed by atoms with Crippen LogP contribution in [0.1, 0.15) is 27.4 Å². The second-order valence-electron chi connectivity index (χ2n) is 6.79. The number of nitrogens with zero attached hydrogens (tertiary/aromatic N) is 1. The van der Waals surface area contributed by atoms with E-state index >= 15 is 0 Å². The first-order valence-corrected chi connectivity index (χ1v) is 11.5. The van der Waals surface area contributed by atoms with Gasteiger partial charge in [0.25, 0.3) is 5.91 Å². The molecule has 2 aromatic rings. The lowest BCUT2D eigenvalue weighted by Gasteiger charge is -2.32. The predicted octanol–water partition coefficient (Wildman–Crippen LogP) is 2.89. The van der Waals surface area contributed by atoms with Crippen molar-refractivity contribution in [3.63, 3.8) is 0 Å². The molecule has 1 unspecified atom stereocenters. The maximum absolute atomic E-state index is 12.9. The normalized spacial score (nSPS) is 17.7. The van der Waals surface area contributed by atoms with E-state index in [1.807, 2.05) is 37.3 Å². The van der Waals surface area contributed by atoms with Gasteiger partial charge < -0.3 is 9.64 Å². The van der Waals surface area contributed by atoms with E-state index in [1.165, 1.54) is 11.3 Å². The molecule has 1 amide bonds. The summed E-state index contributed by atoms with van der Waals surface area (Å²) in [7, 11) is -1.65. The molecule has 27 heavy (non-hydrogen) atoms. The van der Waals surface area contributed by atoms with Crippen molar-refractivity contribution in [3.8, 4) is 16.9 Å². The maximum Gasteiger partial charge on any atom is 0.264 e. The summed E-state index contributed by atoms with van der Waals surface area (Å²) in [5.74, 6) is 0.753. The highest BCUT2D eigenvalue weighted by Gasteiger charge is 2.27. The van der Waals surface area contributed by atoms with E-state index in [0.717, 1.165) is 40.9 Å². The quantitative estimate of drug-likeness (QED) is 0.825. The Morgan fingerprint density at radius 2 is 2.00 bits per heavy atom. The number of piperidine rings is 1. The van der Waals surface area contributed by atoms with Gasteiger partial charge in [-0.3, -0.25) is 4.79 Å². The lowest BCUT2D eigenvalue weighted by molar-refractivity contribution is 0.0708. The van der Waals surface area contributed by atoms with Crippen LogP contribution in [0.5, 0.6) is 5.75 Å². The number of likely N-dealkylation sites (tertiary alicyclic amines) is 1. The Morgan fingerprint density at radius 1 is 1.30 bits per heavy atom. The molecule has 0 radical (unpaired) electrons. The number of aryl methyl sites for hydroxylation is 1. The Labute approximate surface area is 164 Å². The lowest BCUT2D eigenvalue weighted by Crippen LogP contribution is -2.49. The van der Waals surface area contributed by atoms with Crippen molar-refractivity contribution < 1.29 is 17.9 Å². The average Bonchev–Trinajstić information content (AvgIpc) is 3.01. The molecule has 0 spiro atoms. The number of nitrogens with one attached hydrogen (secondary N) is 1. The van der Waals surface area contributed by atoms with Crippen molar-refractivity contribution in [1.29, 1.82) is 0 Å². The number of amides is 1. The summed E-state index contributed by atoms with van der Waals surface area (Å²) in [5, 5.41) is 0. The largest absolute Gasteiger partial charge is 0.497 e. The van der Waals surface area contributed by atoms with Gasteiger partial charge in [0.05, 0.1) is 18.2 Å². The van der Waals surface area contributed by atoms with Crippen LogP contribution in [0.2, 0.25) is 0 Å². The first kappa shape index (κ1) is 19.9. The molecule has 6 nitrogen and oxygen atoms in total. The number of sulfonamides is 1. The summed E-state index contributed by atoms with van der Waals surface area (Å²) in [6, 6.07) is 9.47. The molecule has 146 valence electrons. The second kappa shape index (κ2) is 8.00. The summed E-state index contributed by atoms with van der Waals surface area (Å²) < 4.78 is 30.8. The number of hydrogen-bond donors (Lipinski definition) is 1. The van der Waals surface area contributed by atoms with Crippen molar-refractivity contribution >= 4 is 27.3 Å². The average molecular weight is 409 g/mol. The molecule has 0 aliphatic carbocycles. The van der Waals surface area contributed by atoms with Crippen molar-refractivity contribution in [1.82, 2.24) is 9.62 Å². The molecule has 8 heteroatoms. The first-order chi connectivity index (χ1) is 12.8. The van der Waals surface area contributed by atoms with Crippen LogP contribution in [0.3, 0.4) is 0 Å². The third-order valence-electron chi connectivity index (χ3n) is 4.62. The van der Waals surface area contributed by atoms with Gasteiger partial charge in [-0.15, -0.1) is 11.3 Å². The Hall–Kier alpha value is -1.90. The van der Waals surface area contributed by atoms with Crippen molar-refractivity contribution in [2.24, 2.45) is 0 Å². The van der Waals surface area contributed by atoms with Gasteiger partial charge >= 0.3 is 0 Å². The fourth-order valence-corrected chi connectivity index (χ4v) is 5.17. The summed E-state index contributed by atoms with van der Waals surface area (Å²) >= 11 is 1.47. The molecule has 1 aromatic heterocycles. The summed E-state index contributed by atoms with van der Waals surface area (Å²) in [5.41, 5.74) is 2.08. The molecule has 1 aliphatic heterocycles. The van der Waals surface area contributed by atoms with Gasteiger partial charge in [0.15, 0.2) is 0 Å². The van der Waals surface area contributed by atoms with Gasteiger partial charge in [-0.1, -0.05) is 12.1 Å². The maximum atomic E-state index is 12.9. The van der Waals surface area contributed by atoms with Gasteiger partial charge in [-0.05, 0) is 49.1 Å². The number of carbonyl (C=O) groups excluding carboxylic acids is 1. The Kier molecular flexibility index (Phi) is 5.88. The van der Waals surface area contributed by atoms with E-state index in [0.29, 0.717) is 18.0 Å². The number of methoxy groups -OCH3 is 1. The van der Waals surface area contributed by atoms with Crippen LogP contribution in [0.25, 0.3) is 11.1 Å². The van der Waals surface area contributed by atoms with Crippen molar-refractivity contribution in [2.45, 2.75) is 25.8 Å². The Balaban J connectivity index is 1.77. The molecule has 1 N–H and O–H groups in total. The second-order valence-corrected chi connectivity index (χ2v) is 9.83. The molecule has 1 fully saturated rings. The molecule has 2 heterocycles. The van der Waals surface area contributed by atoms with Crippen LogP contribution in [-0.2, 0) is 10.0 Å². The number of thiophene rings is 1. The Morgan fingerprint density at radius 3 is 2.63 bits per heavy atom. The predicted molar refractivity (Wildman–Crippen MR) is 108 cm³/mol. The van der Waals surface area contributed by atoms with Crippen LogP contribution >= 0.6 is 11.3 Å². The van der Waals surface area contributed by atoms with Crippen molar-refractivity contribution in [2.75, 3.05) is 26.5 Å². The first-order valence-electron chi connectivity index (χ1n) is 8.78. The third kappa shape index (κ3) is 4.88. The molecule has 3 rings (SSSR count). The van der Waals surface area contributed by atoms with E-state index in [1.54, 1.807) is 12.0 Å². The number of rotatable bonds is 5. The van der Waals surface area contributed by atoms with Crippen LogP contribution < -0.4 is 9.46 Å². The lowest BCUT2D eigenvalue weighted by atomic mass is 10.1. The number of benzene rings is 1. The van der Waals surface area contributed by atoms with E-state index in [2.05, 4.69) is 4.72 Å². The molecule has 1 atom stereocenters. The number of hydrogen-bond acceptors (Lipinski definition) is 5. The zero-order valence-corrected chi connectivity index (χ0v) is 17.3. The monoisotopic (exact) mass is 408 g/mol. The standard InChI is InChI=1S/C19H24N2O4S2/c1-13-17(14-6-8-16(25-2)9-7-14)11-18(26-13)19(22)21-10-4-5-15(12-21)20-27(3,23)24/h6-9,11,15,20H,4-5,10,12H2,1-3H3. The highest BCUT2D eigenvalue weighted by molar-refractivity contribution is 7.88. The topological polar surface area (TPSA) is 75.7 Å². The highest BCUT2D eigenvalue weighted by Crippen LogP contribution is 2.33. The van der Waals surface area contributed by atoms with E-state index < -0.39 is 10.0 Å². The molecular formula is C19H24N2O4S2. The van der Waals surface area contributed by atoms with Gasteiger partial charge in [-0.25, -0.2) is 13.1 Å². The zero-order chi connectivity index (χ0) is 19.6. The van der Waals surface area contributed by atoms with Crippen LogP contribution in [0, 0.1) is 6.92 Å². The molecule has 1 saturated heterocycles. The van der Waals surface area contributed by atoms with E-state index in [9.17, 15) is 13.2 Å². The Bertz CT molecular complexity index is 920. The number of carbonyl (C=O) groups is 1. The minimum atomic E-state index is -3.28. The van der Waals surface area contributed by atoms with Gasteiger partial charge in [0.1, 0.15) is 5.75 Å². The molecule has 0 saturated carbocycles. The van der Waals surface area contributed by atoms with Crippen LogP contribution in [0.4, 0.5) is 0 Å². The van der Waals surface area contributed by atoms with Gasteiger partial charge in [-0.2, -0.15) is 0 Å². The third-order valence-corrected chi connectivity index (χ3v) is 6.42. The molecule has 1 aliphatic rings. The van der Waals surface area contributed by atoms with Crippen LogP contribution in [0.15, 0.2) is 30.3 Å². The van der Waals surface area contributed by atoms with Gasteiger partial charge in [0, 0.05) is 24.0 Å². The fraction of sp³-hybridized carbons (Fsp3) is 0.421. The van der Waals surface area contributed by atoms with E-state index in [-0.39, 0.29) is 11.9 Å². The van der Waals surface area contributed by atoms with Crippen molar-refractivity contribution in [3.05, 3.63) is 40.1 Å². The minimum Gasteiger partial charge on any atom is -0.497 e. The molecule has 0 bridgehead atoms. The fourth-order valence-electron chi connectivity index (χ4n) is 3.36. The van der Waals surface area contributed by atoms with Gasteiger partial charge in [0.2, 0.25) is 10.0 Å². The molecular weight excluding hydrogens is 384 g/mol. The summed E-state index contributed by atoms with van der Waals surface area (Å²) in [6.45, 7) is 3.06. The SMILES string of the molecule is COc1ccc(-c2cc(C(=O)N3CCCC(NS(C)(=O)=O)C3)sc2C)cc1. The summed E-state index contributed by atoms with van der Waals surface area (Å²) in [4.78, 5) is 16.4. The smallest absolute Gasteiger partial charge is 0.264 e. The molecule has 1 aromatic carbocycles. The van der Waals surface area contributed by atoms with E-state index in [4.69, 9.17) is 4.74 Å². The minimum absolute atomic E-state index is 0.0390. The van der Waals surface area contributed by atoms with Crippen LogP contribution in [-0.4, -0.2) is 51.7 Å². The summed E-state index contributed by atoms with van der Waals surface area (Å²) in [6.07, 6.45) is 2.68. The number of ether oxygens (including phenoxy) is 1. The zero-order valence-electron chi connectivity index (χ0n) is 15.7. The highest BCUT2D eigenvalue weighted by atomic mass is 32.2.